The van der Waals surface area contributed by atoms with Crippen molar-refractivity contribution >= 4 is 34.7 Å². The smallest absolute Gasteiger partial charge is 0.251 e. The van der Waals surface area contributed by atoms with E-state index < -0.39 is 0 Å². The number of rotatable bonds is 3. The maximum Gasteiger partial charge on any atom is 0.251 e. The van der Waals surface area contributed by atoms with Crippen molar-refractivity contribution in [2.75, 3.05) is 30.8 Å². The van der Waals surface area contributed by atoms with Crippen molar-refractivity contribution in [3.8, 4) is 0 Å². The summed E-state index contributed by atoms with van der Waals surface area (Å²) in [5, 5.41) is 14.0. The van der Waals surface area contributed by atoms with E-state index in [0.717, 1.165) is 53.7 Å². The number of piperidine rings is 1. The summed E-state index contributed by atoms with van der Waals surface area (Å²) in [5.74, 6) is 0.846. The molecule has 2 aliphatic rings. The first-order valence-electron chi connectivity index (χ1n) is 9.51. The summed E-state index contributed by atoms with van der Waals surface area (Å²) in [6, 6.07) is 13.4. The van der Waals surface area contributed by atoms with Crippen LogP contribution in [0.15, 0.2) is 47.5 Å². The summed E-state index contributed by atoms with van der Waals surface area (Å²) in [6.07, 6.45) is 1.83. The third-order valence-corrected chi connectivity index (χ3v) is 5.59. The Morgan fingerprint density at radius 2 is 2.00 bits per heavy atom. The molecule has 2 aromatic carbocycles. The van der Waals surface area contributed by atoms with Crippen LogP contribution >= 0.6 is 11.6 Å². The highest BCUT2D eigenvalue weighted by molar-refractivity contribution is 6.30. The van der Waals surface area contributed by atoms with Gasteiger partial charge in [0.25, 0.3) is 5.91 Å². The van der Waals surface area contributed by atoms with Crippen molar-refractivity contribution in [2.45, 2.75) is 24.9 Å². The molecule has 1 fully saturated rings. The van der Waals surface area contributed by atoms with E-state index >= 15 is 0 Å². The van der Waals surface area contributed by atoms with Crippen LogP contribution in [0.1, 0.15) is 28.8 Å². The molecule has 0 radical (unpaired) electrons. The second kappa shape index (κ2) is 7.81. The van der Waals surface area contributed by atoms with Crippen molar-refractivity contribution in [3.05, 3.63) is 58.6 Å². The molecule has 7 heteroatoms. The van der Waals surface area contributed by atoms with Crippen molar-refractivity contribution in [2.24, 2.45) is 4.99 Å². The lowest BCUT2D eigenvalue weighted by molar-refractivity contribution is 0.0963. The number of hydrogen-bond acceptors (Lipinski definition) is 4. The molecule has 1 spiro atoms. The number of aliphatic imine (C=N–C) groups is 1. The lowest BCUT2D eigenvalue weighted by Crippen LogP contribution is -2.57. The topological polar surface area (TPSA) is 77.6 Å². The van der Waals surface area contributed by atoms with Crippen LogP contribution in [0.3, 0.4) is 0 Å². The second-order valence-corrected chi connectivity index (χ2v) is 7.65. The Kier molecular flexibility index (Phi) is 5.24. The molecule has 28 heavy (non-hydrogen) atoms. The summed E-state index contributed by atoms with van der Waals surface area (Å²) in [6.45, 7) is 2.39. The van der Waals surface area contributed by atoms with Crippen LogP contribution in [0.2, 0.25) is 5.02 Å². The van der Waals surface area contributed by atoms with Gasteiger partial charge in [-0.25, -0.2) is 0 Å². The predicted octanol–water partition coefficient (Wildman–Crippen LogP) is 3.26. The quantitative estimate of drug-likeness (QED) is 0.641. The number of amidine groups is 1. The van der Waals surface area contributed by atoms with Crippen molar-refractivity contribution in [3.63, 3.8) is 0 Å². The van der Waals surface area contributed by atoms with Crippen LogP contribution in [0.5, 0.6) is 0 Å². The third kappa shape index (κ3) is 3.70. The van der Waals surface area contributed by atoms with Gasteiger partial charge in [-0.1, -0.05) is 23.7 Å². The number of benzene rings is 2. The minimum absolute atomic E-state index is 0.0932. The van der Waals surface area contributed by atoms with Crippen molar-refractivity contribution in [1.29, 1.82) is 0 Å². The number of fused-ring (bicyclic) bond motifs is 1. The number of carbonyl (C=O) groups excluding carboxylic acids is 1. The monoisotopic (exact) mass is 397 g/mol. The molecule has 1 amide bonds. The zero-order valence-corrected chi connectivity index (χ0v) is 16.6. The average molecular weight is 398 g/mol. The summed E-state index contributed by atoms with van der Waals surface area (Å²) < 4.78 is 0. The summed E-state index contributed by atoms with van der Waals surface area (Å²) in [7, 11) is 1.64. The van der Waals surface area contributed by atoms with Gasteiger partial charge in [-0.3, -0.25) is 9.79 Å². The lowest BCUT2D eigenvalue weighted by Gasteiger charge is -2.44. The first-order chi connectivity index (χ1) is 13.6. The van der Waals surface area contributed by atoms with E-state index in [2.05, 4.69) is 21.3 Å². The molecular formula is C21H24ClN5O. The fraction of sp³-hybridized carbons (Fsp3) is 0.333. The van der Waals surface area contributed by atoms with E-state index in [4.69, 9.17) is 16.6 Å². The highest BCUT2D eigenvalue weighted by Gasteiger charge is 2.41. The molecule has 0 bridgehead atoms. The van der Waals surface area contributed by atoms with Gasteiger partial charge in [-0.05, 0) is 61.8 Å². The minimum atomic E-state index is -0.266. The first-order valence-corrected chi connectivity index (χ1v) is 9.89. The molecule has 2 aliphatic heterocycles. The number of nitrogens with zero attached hydrogens (tertiary/aromatic N) is 1. The van der Waals surface area contributed by atoms with Gasteiger partial charge in [0.15, 0.2) is 0 Å². The fourth-order valence-corrected chi connectivity index (χ4v) is 4.03. The SMILES string of the molecule is CNC(=O)c1ccc2c(c1)NC1(CCNCC1)C(=NCc1cccc(Cl)c1)N2. The molecule has 0 aliphatic carbocycles. The molecule has 4 N–H and O–H groups in total. The number of anilines is 2. The average Bonchev–Trinajstić information content (AvgIpc) is 2.72. The molecule has 0 aromatic heterocycles. The van der Waals surface area contributed by atoms with Gasteiger partial charge < -0.3 is 21.3 Å². The van der Waals surface area contributed by atoms with E-state index in [1.165, 1.54) is 0 Å². The molecule has 0 atom stereocenters. The van der Waals surface area contributed by atoms with Crippen LogP contribution in [-0.2, 0) is 6.54 Å². The Labute approximate surface area is 169 Å². The molecule has 4 rings (SSSR count). The van der Waals surface area contributed by atoms with E-state index in [1.54, 1.807) is 7.05 Å². The van der Waals surface area contributed by atoms with Gasteiger partial charge in [-0.2, -0.15) is 0 Å². The second-order valence-electron chi connectivity index (χ2n) is 7.22. The first kappa shape index (κ1) is 18.8. The number of nitrogens with one attached hydrogen (secondary N) is 4. The lowest BCUT2D eigenvalue weighted by atomic mass is 9.84. The van der Waals surface area contributed by atoms with Crippen molar-refractivity contribution < 1.29 is 4.79 Å². The summed E-state index contributed by atoms with van der Waals surface area (Å²) in [5.41, 5.74) is 3.31. The van der Waals surface area contributed by atoms with Crippen molar-refractivity contribution in [1.82, 2.24) is 10.6 Å². The number of carbonyl (C=O) groups is 1. The van der Waals surface area contributed by atoms with Gasteiger partial charge >= 0.3 is 0 Å². The Morgan fingerprint density at radius 1 is 1.18 bits per heavy atom. The Bertz CT molecular complexity index is 921. The normalized spacial score (nSPS) is 18.9. The minimum Gasteiger partial charge on any atom is -0.371 e. The molecule has 0 saturated carbocycles. The van der Waals surface area contributed by atoms with Crippen LogP contribution < -0.4 is 21.3 Å². The van der Waals surface area contributed by atoms with Crippen LogP contribution in [-0.4, -0.2) is 37.4 Å². The van der Waals surface area contributed by atoms with Gasteiger partial charge in [-0.15, -0.1) is 0 Å². The molecule has 1 saturated heterocycles. The fourth-order valence-electron chi connectivity index (χ4n) is 3.82. The molecule has 146 valence electrons. The van der Waals surface area contributed by atoms with Crippen LogP contribution in [0, 0.1) is 0 Å². The summed E-state index contributed by atoms with van der Waals surface area (Å²) >= 11 is 6.11. The van der Waals surface area contributed by atoms with Gasteiger partial charge in [0.1, 0.15) is 5.84 Å². The van der Waals surface area contributed by atoms with E-state index in [9.17, 15) is 4.79 Å². The molecule has 6 nitrogen and oxygen atoms in total. The zero-order chi connectivity index (χ0) is 19.6. The molecule has 2 aromatic rings. The van der Waals surface area contributed by atoms with Gasteiger partial charge in [0, 0.05) is 17.6 Å². The van der Waals surface area contributed by atoms with Crippen LogP contribution in [0.4, 0.5) is 11.4 Å². The summed E-state index contributed by atoms with van der Waals surface area (Å²) in [4.78, 5) is 16.9. The molecular weight excluding hydrogens is 374 g/mol. The van der Waals surface area contributed by atoms with E-state index in [0.29, 0.717) is 12.1 Å². The maximum absolute atomic E-state index is 12.0. The largest absolute Gasteiger partial charge is 0.371 e. The number of halogens is 1. The standard InChI is InChI=1S/C21H24ClN5O/c1-23-19(28)15-5-6-17-18(12-15)27-21(7-9-24-10-8-21)20(26-17)25-13-14-3-2-4-16(22)11-14/h2-6,11-12,24,27H,7-10,13H2,1H3,(H,23,28)(H,25,26). The Balaban J connectivity index is 1.67. The zero-order valence-electron chi connectivity index (χ0n) is 15.8. The molecule has 2 heterocycles. The van der Waals surface area contributed by atoms with E-state index in [-0.39, 0.29) is 11.4 Å². The number of amides is 1. The Morgan fingerprint density at radius 3 is 2.75 bits per heavy atom. The van der Waals surface area contributed by atoms with Gasteiger partial charge in [0.2, 0.25) is 0 Å². The highest BCUT2D eigenvalue weighted by Crippen LogP contribution is 2.36. The predicted molar refractivity (Wildman–Crippen MR) is 115 cm³/mol. The highest BCUT2D eigenvalue weighted by atomic mass is 35.5. The Hall–Kier alpha value is -2.57. The van der Waals surface area contributed by atoms with Crippen LogP contribution in [0.25, 0.3) is 0 Å². The third-order valence-electron chi connectivity index (χ3n) is 5.36. The molecule has 0 unspecified atom stereocenters. The number of hydrogen-bond donors (Lipinski definition) is 4. The van der Waals surface area contributed by atoms with Gasteiger partial charge in [0.05, 0.1) is 23.5 Å². The maximum atomic E-state index is 12.0. The van der Waals surface area contributed by atoms with E-state index in [1.807, 2.05) is 42.5 Å².